The molecule has 5 heteroatoms. The number of fused-ring (bicyclic) bond motifs is 3. The van der Waals surface area contributed by atoms with Crippen LogP contribution in [0.1, 0.15) is 60.4 Å². The summed E-state index contributed by atoms with van der Waals surface area (Å²) in [6, 6.07) is 15.5. The minimum absolute atomic E-state index is 0.270. The molecule has 3 heterocycles. The lowest BCUT2D eigenvalue weighted by Crippen LogP contribution is -2.43. The lowest BCUT2D eigenvalue weighted by molar-refractivity contribution is -0.136. The first kappa shape index (κ1) is 22.7. The number of carbonyl (C=O) groups is 1. The van der Waals surface area contributed by atoms with Crippen LogP contribution in [0.25, 0.3) is 23.1 Å². The van der Waals surface area contributed by atoms with E-state index in [0.717, 1.165) is 41.7 Å². The number of rotatable bonds is 5. The van der Waals surface area contributed by atoms with E-state index >= 15 is 0 Å². The fourth-order valence-corrected chi connectivity index (χ4v) is 6.86. The van der Waals surface area contributed by atoms with Crippen molar-refractivity contribution in [1.82, 2.24) is 20.0 Å². The molecule has 188 valence electrons. The van der Waals surface area contributed by atoms with Gasteiger partial charge in [-0.3, -0.25) is 14.8 Å². The molecule has 2 fully saturated rings. The molecule has 1 unspecified atom stereocenters. The van der Waals surface area contributed by atoms with E-state index in [0.29, 0.717) is 5.92 Å². The van der Waals surface area contributed by atoms with E-state index in [2.05, 4.69) is 87.9 Å². The van der Waals surface area contributed by atoms with Crippen molar-refractivity contribution in [3.63, 3.8) is 0 Å². The van der Waals surface area contributed by atoms with Crippen LogP contribution in [0.3, 0.4) is 0 Å². The van der Waals surface area contributed by atoms with Gasteiger partial charge in [0.1, 0.15) is 0 Å². The Morgan fingerprint density at radius 1 is 1.08 bits per heavy atom. The lowest BCUT2D eigenvalue weighted by Gasteiger charge is -2.37. The maximum absolute atomic E-state index is 13.3. The van der Waals surface area contributed by atoms with Gasteiger partial charge in [0.15, 0.2) is 0 Å². The Kier molecular flexibility index (Phi) is 5.43. The number of allylic oxidation sites excluding steroid dienone is 3. The second kappa shape index (κ2) is 8.84. The number of nitrogens with one attached hydrogen (secondary N) is 1. The number of hydrogen-bond donors (Lipinski definition) is 1. The van der Waals surface area contributed by atoms with Crippen LogP contribution >= 0.6 is 0 Å². The Balaban J connectivity index is 1.07. The molecule has 5 nitrogen and oxygen atoms in total. The van der Waals surface area contributed by atoms with Crippen molar-refractivity contribution in [2.45, 2.75) is 44.6 Å². The van der Waals surface area contributed by atoms with Crippen molar-refractivity contribution in [3.05, 3.63) is 88.8 Å². The minimum atomic E-state index is -0.278. The van der Waals surface area contributed by atoms with Gasteiger partial charge >= 0.3 is 0 Å². The molecule has 2 aliphatic heterocycles. The Bertz CT molecular complexity index is 1440. The summed E-state index contributed by atoms with van der Waals surface area (Å²) in [7, 11) is 1.91. The SMILES string of the molecule is CN1C(=O)[C@@]2(C[C@H]2c2ccc3c(/C=C/c4ccc(CN5CCCCC5)cc4)n[nH]c3c2)C2C=C1C=CC2. The van der Waals surface area contributed by atoms with Gasteiger partial charge in [-0.1, -0.05) is 61.0 Å². The standard InChI is InChI=1S/C32H34N4O/c1-35-26-7-5-6-25(19-26)32(31(35)37)20-28(32)24-13-14-27-29(33-34-30(27)18-24)15-12-22-8-10-23(11-9-22)21-36-16-3-2-4-17-36/h5,7-15,18-19,25,28H,2-4,6,16-17,20-21H2,1H3,(H,33,34)/b15-12+/t25?,28-,32-/m0/s1. The summed E-state index contributed by atoms with van der Waals surface area (Å²) in [5.41, 5.74) is 6.56. The zero-order chi connectivity index (χ0) is 25.0. The van der Waals surface area contributed by atoms with Crippen molar-refractivity contribution in [1.29, 1.82) is 0 Å². The highest BCUT2D eigenvalue weighted by molar-refractivity contribution is 5.93. The van der Waals surface area contributed by atoms with E-state index in [-0.39, 0.29) is 17.2 Å². The highest BCUT2D eigenvalue weighted by Crippen LogP contribution is 2.67. The van der Waals surface area contributed by atoms with Crippen LogP contribution in [-0.4, -0.2) is 46.0 Å². The normalized spacial score (nSPS) is 27.4. The van der Waals surface area contributed by atoms with Gasteiger partial charge in [-0.15, -0.1) is 0 Å². The quantitative estimate of drug-likeness (QED) is 0.468. The molecular formula is C32H34N4O. The third kappa shape index (κ3) is 3.88. The predicted octanol–water partition coefficient (Wildman–Crippen LogP) is 6.12. The Labute approximate surface area is 218 Å². The molecule has 1 amide bonds. The highest BCUT2D eigenvalue weighted by Gasteiger charge is 2.66. The molecule has 2 bridgehead atoms. The van der Waals surface area contributed by atoms with Crippen LogP contribution < -0.4 is 0 Å². The number of carbonyl (C=O) groups excluding carboxylic acids is 1. The van der Waals surface area contributed by atoms with Crippen LogP contribution in [0.15, 0.2) is 66.4 Å². The molecule has 1 aromatic heterocycles. The third-order valence-corrected chi connectivity index (χ3v) is 9.09. The molecule has 0 radical (unpaired) electrons. The number of aromatic nitrogens is 2. The summed E-state index contributed by atoms with van der Waals surface area (Å²) in [5.74, 6) is 0.856. The molecule has 1 saturated carbocycles. The first-order valence-corrected chi connectivity index (χ1v) is 13.8. The molecule has 3 atom stereocenters. The van der Waals surface area contributed by atoms with E-state index in [4.69, 9.17) is 0 Å². The van der Waals surface area contributed by atoms with E-state index < -0.39 is 0 Å². The molecule has 1 N–H and O–H groups in total. The fraction of sp³-hybridized carbons (Fsp3) is 0.375. The van der Waals surface area contributed by atoms with Gasteiger partial charge < -0.3 is 4.90 Å². The van der Waals surface area contributed by atoms with E-state index in [1.54, 1.807) is 0 Å². The van der Waals surface area contributed by atoms with Gasteiger partial charge in [-0.2, -0.15) is 5.10 Å². The predicted molar refractivity (Wildman–Crippen MR) is 148 cm³/mol. The molecule has 4 aliphatic rings. The zero-order valence-electron chi connectivity index (χ0n) is 21.5. The van der Waals surface area contributed by atoms with Crippen LogP contribution in [0, 0.1) is 11.3 Å². The molecular weight excluding hydrogens is 456 g/mol. The van der Waals surface area contributed by atoms with Gasteiger partial charge in [0, 0.05) is 30.6 Å². The van der Waals surface area contributed by atoms with Crippen molar-refractivity contribution < 1.29 is 4.79 Å². The summed E-state index contributed by atoms with van der Waals surface area (Å²) in [6.45, 7) is 3.50. The maximum atomic E-state index is 13.3. The Morgan fingerprint density at radius 3 is 2.76 bits per heavy atom. The summed E-state index contributed by atoms with van der Waals surface area (Å²) >= 11 is 0. The topological polar surface area (TPSA) is 52.2 Å². The number of piperidine rings is 1. The molecule has 2 aliphatic carbocycles. The first-order valence-electron chi connectivity index (χ1n) is 13.8. The number of H-pyrrole nitrogens is 1. The molecule has 3 aromatic rings. The summed E-state index contributed by atoms with van der Waals surface area (Å²) in [5, 5.41) is 8.94. The van der Waals surface area contributed by atoms with E-state index in [9.17, 15) is 4.79 Å². The largest absolute Gasteiger partial charge is 0.315 e. The minimum Gasteiger partial charge on any atom is -0.315 e. The zero-order valence-corrected chi connectivity index (χ0v) is 21.5. The number of hydrogen-bond acceptors (Lipinski definition) is 3. The number of nitrogens with zero attached hydrogens (tertiary/aromatic N) is 3. The first-order chi connectivity index (χ1) is 18.1. The van der Waals surface area contributed by atoms with Crippen LogP contribution in [0.2, 0.25) is 0 Å². The molecule has 2 aromatic carbocycles. The van der Waals surface area contributed by atoms with Crippen molar-refractivity contribution in [2.24, 2.45) is 11.3 Å². The van der Waals surface area contributed by atoms with Crippen molar-refractivity contribution in [3.8, 4) is 0 Å². The smallest absolute Gasteiger partial charge is 0.234 e. The van der Waals surface area contributed by atoms with Gasteiger partial charge in [-0.05, 0) is 79.6 Å². The van der Waals surface area contributed by atoms with Gasteiger partial charge in [0.2, 0.25) is 5.91 Å². The van der Waals surface area contributed by atoms with Gasteiger partial charge in [0.25, 0.3) is 0 Å². The second-order valence-corrected chi connectivity index (χ2v) is 11.3. The average Bonchev–Trinajstić information content (AvgIpc) is 3.58. The van der Waals surface area contributed by atoms with Crippen molar-refractivity contribution >= 4 is 29.0 Å². The molecule has 1 spiro atoms. The maximum Gasteiger partial charge on any atom is 0.234 e. The average molecular weight is 491 g/mol. The number of likely N-dealkylation sites (tertiary alicyclic amines) is 1. The second-order valence-electron chi connectivity index (χ2n) is 11.3. The number of aromatic amines is 1. The van der Waals surface area contributed by atoms with Gasteiger partial charge in [0.05, 0.1) is 16.6 Å². The molecule has 1 saturated heterocycles. The highest BCUT2D eigenvalue weighted by atomic mass is 16.2. The summed E-state index contributed by atoms with van der Waals surface area (Å²) < 4.78 is 0. The molecule has 37 heavy (non-hydrogen) atoms. The summed E-state index contributed by atoms with van der Waals surface area (Å²) in [6.07, 6.45) is 16.8. The van der Waals surface area contributed by atoms with Crippen molar-refractivity contribution in [2.75, 3.05) is 20.1 Å². The Morgan fingerprint density at radius 2 is 1.92 bits per heavy atom. The van der Waals surface area contributed by atoms with Crippen LogP contribution in [0.5, 0.6) is 0 Å². The molecule has 7 rings (SSSR count). The fourth-order valence-electron chi connectivity index (χ4n) is 6.86. The summed E-state index contributed by atoms with van der Waals surface area (Å²) in [4.78, 5) is 17.7. The van der Waals surface area contributed by atoms with Gasteiger partial charge in [-0.25, -0.2) is 0 Å². The third-order valence-electron chi connectivity index (χ3n) is 9.09. The number of benzene rings is 2. The number of likely N-dealkylation sites (N-methyl/N-ethyl adjacent to an activating group) is 1. The Hall–Kier alpha value is -3.44. The van der Waals surface area contributed by atoms with Crippen LogP contribution in [0.4, 0.5) is 0 Å². The monoisotopic (exact) mass is 490 g/mol. The number of amides is 1. The van der Waals surface area contributed by atoms with E-state index in [1.807, 2.05) is 11.9 Å². The lowest BCUT2D eigenvalue weighted by atomic mass is 9.76. The van der Waals surface area contributed by atoms with E-state index in [1.165, 1.54) is 49.0 Å². The van der Waals surface area contributed by atoms with Crippen LogP contribution in [-0.2, 0) is 11.3 Å².